The zero-order valence-corrected chi connectivity index (χ0v) is 9.44. The predicted octanol–water partition coefficient (Wildman–Crippen LogP) is 1.89. The summed E-state index contributed by atoms with van der Waals surface area (Å²) in [6, 6.07) is 0. The number of hydrogen-bond donors (Lipinski definition) is 1. The summed E-state index contributed by atoms with van der Waals surface area (Å²) in [7, 11) is 0. The van der Waals surface area contributed by atoms with Gasteiger partial charge in [-0.05, 0) is 32.6 Å². The SMILES string of the molecule is CCOC(C[C@H](C(=O)O)C1CC1)OCC. The number of carboxylic acids is 1. The van der Waals surface area contributed by atoms with Crippen LogP contribution in [0.4, 0.5) is 0 Å². The second kappa shape index (κ2) is 6.08. The molecule has 0 radical (unpaired) electrons. The lowest BCUT2D eigenvalue weighted by atomic mass is 10.00. The third-order valence-electron chi connectivity index (χ3n) is 2.66. The first-order valence-electron chi connectivity index (χ1n) is 5.65. The first-order chi connectivity index (χ1) is 7.19. The van der Waals surface area contributed by atoms with Crippen LogP contribution in [-0.2, 0) is 14.3 Å². The molecule has 1 atom stereocenters. The Balaban J connectivity index is 2.41. The molecule has 1 saturated carbocycles. The van der Waals surface area contributed by atoms with Crippen molar-refractivity contribution in [2.45, 2.75) is 39.4 Å². The van der Waals surface area contributed by atoms with Gasteiger partial charge in [-0.3, -0.25) is 4.79 Å². The van der Waals surface area contributed by atoms with E-state index in [9.17, 15) is 4.79 Å². The van der Waals surface area contributed by atoms with Gasteiger partial charge in [0.1, 0.15) is 0 Å². The molecular formula is C11H20O4. The van der Waals surface area contributed by atoms with Crippen molar-refractivity contribution in [3.63, 3.8) is 0 Å². The molecule has 0 spiro atoms. The lowest BCUT2D eigenvalue weighted by Gasteiger charge is -2.20. The van der Waals surface area contributed by atoms with Gasteiger partial charge < -0.3 is 14.6 Å². The first kappa shape index (κ1) is 12.5. The molecule has 0 saturated heterocycles. The predicted molar refractivity (Wildman–Crippen MR) is 55.5 cm³/mol. The van der Waals surface area contributed by atoms with E-state index in [1.54, 1.807) is 0 Å². The van der Waals surface area contributed by atoms with Crippen molar-refractivity contribution in [3.05, 3.63) is 0 Å². The zero-order chi connectivity index (χ0) is 11.3. The van der Waals surface area contributed by atoms with Crippen molar-refractivity contribution in [1.82, 2.24) is 0 Å². The minimum absolute atomic E-state index is 0.298. The largest absolute Gasteiger partial charge is 0.481 e. The topological polar surface area (TPSA) is 55.8 Å². The van der Waals surface area contributed by atoms with Crippen LogP contribution < -0.4 is 0 Å². The van der Waals surface area contributed by atoms with Crippen LogP contribution in [0.1, 0.15) is 33.1 Å². The van der Waals surface area contributed by atoms with Crippen molar-refractivity contribution in [1.29, 1.82) is 0 Å². The fourth-order valence-electron chi connectivity index (χ4n) is 1.76. The quantitative estimate of drug-likeness (QED) is 0.629. The highest BCUT2D eigenvalue weighted by Gasteiger charge is 2.37. The number of hydrogen-bond acceptors (Lipinski definition) is 3. The Morgan fingerprint density at radius 3 is 2.20 bits per heavy atom. The standard InChI is InChI=1S/C11H20O4/c1-3-14-10(15-4-2)7-9(11(12)13)8-5-6-8/h8-10H,3-7H2,1-2H3,(H,12,13)/t9-/m0/s1. The average Bonchev–Trinajstić information content (AvgIpc) is 2.97. The molecule has 0 aliphatic heterocycles. The summed E-state index contributed by atoms with van der Waals surface area (Å²) in [4.78, 5) is 11.0. The van der Waals surface area contributed by atoms with E-state index in [0.29, 0.717) is 25.6 Å². The molecule has 0 bridgehead atoms. The summed E-state index contributed by atoms with van der Waals surface area (Å²) in [5.41, 5.74) is 0. The lowest BCUT2D eigenvalue weighted by Crippen LogP contribution is -2.26. The Hall–Kier alpha value is -0.610. The van der Waals surface area contributed by atoms with Crippen LogP contribution >= 0.6 is 0 Å². The van der Waals surface area contributed by atoms with Crippen molar-refractivity contribution in [2.75, 3.05) is 13.2 Å². The van der Waals surface area contributed by atoms with E-state index < -0.39 is 5.97 Å². The molecule has 1 N–H and O–H groups in total. The third-order valence-corrected chi connectivity index (χ3v) is 2.66. The van der Waals surface area contributed by atoms with Crippen LogP contribution in [0.5, 0.6) is 0 Å². The van der Waals surface area contributed by atoms with Gasteiger partial charge in [0.2, 0.25) is 0 Å². The highest BCUT2D eigenvalue weighted by Crippen LogP contribution is 2.39. The van der Waals surface area contributed by atoms with Gasteiger partial charge in [-0.25, -0.2) is 0 Å². The highest BCUT2D eigenvalue weighted by molar-refractivity contribution is 5.70. The number of carboxylic acid groups (broad SMARTS) is 1. The maximum atomic E-state index is 11.0. The molecule has 88 valence electrons. The van der Waals surface area contributed by atoms with Gasteiger partial charge in [0.15, 0.2) is 6.29 Å². The summed E-state index contributed by atoms with van der Waals surface area (Å²) in [6.07, 6.45) is 2.17. The fraction of sp³-hybridized carbons (Fsp3) is 0.909. The molecule has 4 nitrogen and oxygen atoms in total. The van der Waals surface area contributed by atoms with E-state index in [1.807, 2.05) is 13.8 Å². The molecule has 0 aromatic carbocycles. The average molecular weight is 216 g/mol. The van der Waals surface area contributed by atoms with Crippen LogP contribution in [0, 0.1) is 11.8 Å². The molecule has 1 rings (SSSR count). The lowest BCUT2D eigenvalue weighted by molar-refractivity contribution is -0.162. The second-order valence-corrected chi connectivity index (χ2v) is 3.86. The number of rotatable bonds is 8. The van der Waals surface area contributed by atoms with Crippen LogP contribution in [-0.4, -0.2) is 30.6 Å². The van der Waals surface area contributed by atoms with Gasteiger partial charge in [-0.1, -0.05) is 0 Å². The Kier molecular flexibility index (Phi) is 5.05. The van der Waals surface area contributed by atoms with E-state index in [2.05, 4.69) is 0 Å². The molecule has 1 aliphatic rings. The minimum Gasteiger partial charge on any atom is -0.481 e. The molecule has 0 unspecified atom stereocenters. The third kappa shape index (κ3) is 4.18. The Bertz CT molecular complexity index is 195. The minimum atomic E-state index is -0.720. The Labute approximate surface area is 90.6 Å². The maximum Gasteiger partial charge on any atom is 0.306 e. The van der Waals surface area contributed by atoms with Gasteiger partial charge in [0.05, 0.1) is 5.92 Å². The summed E-state index contributed by atoms with van der Waals surface area (Å²) < 4.78 is 10.7. The van der Waals surface area contributed by atoms with E-state index in [1.165, 1.54) is 0 Å². The molecule has 1 aliphatic carbocycles. The van der Waals surface area contributed by atoms with Gasteiger partial charge in [-0.15, -0.1) is 0 Å². The zero-order valence-electron chi connectivity index (χ0n) is 9.44. The number of aliphatic carboxylic acids is 1. The van der Waals surface area contributed by atoms with Gasteiger partial charge in [0, 0.05) is 19.6 Å². The molecule has 4 heteroatoms. The van der Waals surface area contributed by atoms with Crippen LogP contribution in [0.25, 0.3) is 0 Å². The summed E-state index contributed by atoms with van der Waals surface area (Å²) >= 11 is 0. The number of carbonyl (C=O) groups is 1. The van der Waals surface area contributed by atoms with Crippen molar-refractivity contribution in [2.24, 2.45) is 11.8 Å². The van der Waals surface area contributed by atoms with Crippen molar-refractivity contribution >= 4 is 5.97 Å². The molecule has 0 amide bonds. The first-order valence-corrected chi connectivity index (χ1v) is 5.65. The van der Waals surface area contributed by atoms with Crippen LogP contribution in [0.3, 0.4) is 0 Å². The van der Waals surface area contributed by atoms with E-state index in [0.717, 1.165) is 12.8 Å². The molecule has 15 heavy (non-hydrogen) atoms. The second-order valence-electron chi connectivity index (χ2n) is 3.86. The fourth-order valence-corrected chi connectivity index (χ4v) is 1.76. The molecule has 1 fully saturated rings. The molecule has 0 aromatic rings. The van der Waals surface area contributed by atoms with Crippen LogP contribution in [0.15, 0.2) is 0 Å². The van der Waals surface area contributed by atoms with Gasteiger partial charge in [0.25, 0.3) is 0 Å². The normalized spacial score (nSPS) is 18.1. The van der Waals surface area contributed by atoms with Crippen molar-refractivity contribution in [3.8, 4) is 0 Å². The monoisotopic (exact) mass is 216 g/mol. The molecule has 0 aromatic heterocycles. The Morgan fingerprint density at radius 1 is 1.33 bits per heavy atom. The molecular weight excluding hydrogens is 196 g/mol. The van der Waals surface area contributed by atoms with Gasteiger partial charge >= 0.3 is 5.97 Å². The van der Waals surface area contributed by atoms with Gasteiger partial charge in [-0.2, -0.15) is 0 Å². The number of ether oxygens (including phenoxy) is 2. The highest BCUT2D eigenvalue weighted by atomic mass is 16.7. The summed E-state index contributed by atoms with van der Waals surface area (Å²) in [6.45, 7) is 4.89. The van der Waals surface area contributed by atoms with E-state index >= 15 is 0 Å². The maximum absolute atomic E-state index is 11.0. The smallest absolute Gasteiger partial charge is 0.306 e. The van der Waals surface area contributed by atoms with Crippen LogP contribution in [0.2, 0.25) is 0 Å². The van der Waals surface area contributed by atoms with Crippen molar-refractivity contribution < 1.29 is 19.4 Å². The Morgan fingerprint density at radius 2 is 1.87 bits per heavy atom. The van der Waals surface area contributed by atoms with E-state index in [-0.39, 0.29) is 12.2 Å². The summed E-state index contributed by atoms with van der Waals surface area (Å²) in [5.74, 6) is -0.680. The summed E-state index contributed by atoms with van der Waals surface area (Å²) in [5, 5.41) is 9.06. The van der Waals surface area contributed by atoms with E-state index in [4.69, 9.17) is 14.6 Å². The molecule has 0 heterocycles.